The van der Waals surface area contributed by atoms with Crippen LogP contribution in [0.25, 0.3) is 10.8 Å². The molecular formula is C25H28Cl2N2O. The van der Waals surface area contributed by atoms with Gasteiger partial charge in [-0.3, -0.25) is 4.90 Å². The molecule has 158 valence electrons. The Labute approximate surface area is 188 Å². The standard InChI is InChI=1S/C25H28Cl2N2O/c1-2-29-13-5-7-21(29)15-28-16-23-22-8-4-3-6-18(22)10-12-25(23)30-17-19-9-11-20(26)14-24(19)27/h3-4,6,8-12,14,21,28H,2,5,7,13,15-17H2,1H3. The minimum Gasteiger partial charge on any atom is -0.488 e. The first-order chi connectivity index (χ1) is 14.7. The number of nitrogens with zero attached hydrogens (tertiary/aromatic N) is 1. The number of ether oxygens (including phenoxy) is 1. The van der Waals surface area contributed by atoms with Crippen LogP contribution in [0.3, 0.4) is 0 Å². The third-order valence-electron chi connectivity index (χ3n) is 5.98. The fraction of sp³-hybridized carbons (Fsp3) is 0.360. The Balaban J connectivity index is 1.52. The van der Waals surface area contributed by atoms with Gasteiger partial charge in [-0.25, -0.2) is 0 Å². The average molecular weight is 443 g/mol. The zero-order chi connectivity index (χ0) is 20.9. The molecule has 1 heterocycles. The highest BCUT2D eigenvalue weighted by molar-refractivity contribution is 6.35. The summed E-state index contributed by atoms with van der Waals surface area (Å²) >= 11 is 12.4. The second kappa shape index (κ2) is 10.0. The van der Waals surface area contributed by atoms with Crippen molar-refractivity contribution < 1.29 is 4.74 Å². The van der Waals surface area contributed by atoms with E-state index in [1.165, 1.54) is 35.7 Å². The molecule has 5 heteroatoms. The maximum atomic E-state index is 6.33. The van der Waals surface area contributed by atoms with E-state index >= 15 is 0 Å². The van der Waals surface area contributed by atoms with Gasteiger partial charge in [0.2, 0.25) is 0 Å². The summed E-state index contributed by atoms with van der Waals surface area (Å²) in [5.41, 5.74) is 2.12. The minimum absolute atomic E-state index is 0.410. The summed E-state index contributed by atoms with van der Waals surface area (Å²) in [6, 6.07) is 18.8. The van der Waals surface area contributed by atoms with Gasteiger partial charge in [-0.1, -0.05) is 66.5 Å². The highest BCUT2D eigenvalue weighted by Crippen LogP contribution is 2.30. The second-order valence-corrected chi connectivity index (χ2v) is 8.69. The Morgan fingerprint density at radius 3 is 2.80 bits per heavy atom. The van der Waals surface area contributed by atoms with Crippen molar-refractivity contribution in [1.29, 1.82) is 0 Å². The number of hydrogen-bond donors (Lipinski definition) is 1. The van der Waals surface area contributed by atoms with Crippen LogP contribution in [0.5, 0.6) is 5.75 Å². The summed E-state index contributed by atoms with van der Waals surface area (Å²) in [4.78, 5) is 2.57. The number of fused-ring (bicyclic) bond motifs is 1. The molecule has 0 aliphatic carbocycles. The lowest BCUT2D eigenvalue weighted by molar-refractivity contribution is 0.259. The van der Waals surface area contributed by atoms with E-state index in [0.29, 0.717) is 22.7 Å². The number of benzene rings is 3. The normalized spacial score (nSPS) is 17.0. The first-order valence-electron chi connectivity index (χ1n) is 10.7. The zero-order valence-electron chi connectivity index (χ0n) is 17.3. The topological polar surface area (TPSA) is 24.5 Å². The third-order valence-corrected chi connectivity index (χ3v) is 6.57. The van der Waals surface area contributed by atoms with Gasteiger partial charge < -0.3 is 10.1 Å². The molecule has 1 atom stereocenters. The molecule has 1 fully saturated rings. The molecule has 0 amide bonds. The quantitative estimate of drug-likeness (QED) is 0.442. The molecule has 30 heavy (non-hydrogen) atoms. The van der Waals surface area contributed by atoms with Crippen molar-refractivity contribution in [3.8, 4) is 5.75 Å². The number of likely N-dealkylation sites (tertiary alicyclic amines) is 1. The average Bonchev–Trinajstić information content (AvgIpc) is 3.21. The summed E-state index contributed by atoms with van der Waals surface area (Å²) in [6.45, 7) is 6.77. The summed E-state index contributed by atoms with van der Waals surface area (Å²) in [7, 11) is 0. The van der Waals surface area contributed by atoms with Gasteiger partial charge in [0.1, 0.15) is 12.4 Å². The van der Waals surface area contributed by atoms with Crippen LogP contribution in [0.4, 0.5) is 0 Å². The highest BCUT2D eigenvalue weighted by Gasteiger charge is 2.22. The minimum atomic E-state index is 0.410. The van der Waals surface area contributed by atoms with Gasteiger partial charge in [-0.2, -0.15) is 0 Å². The molecule has 0 saturated carbocycles. The molecule has 3 nitrogen and oxygen atoms in total. The van der Waals surface area contributed by atoms with E-state index in [1.54, 1.807) is 6.07 Å². The number of hydrogen-bond acceptors (Lipinski definition) is 3. The van der Waals surface area contributed by atoms with Crippen LogP contribution in [-0.4, -0.2) is 30.6 Å². The summed E-state index contributed by atoms with van der Waals surface area (Å²) in [5, 5.41) is 7.40. The maximum absolute atomic E-state index is 6.33. The van der Waals surface area contributed by atoms with E-state index in [2.05, 4.69) is 53.5 Å². The SMILES string of the molecule is CCN1CCCC1CNCc1c(OCc2ccc(Cl)cc2Cl)ccc2ccccc12. The first-order valence-corrected chi connectivity index (χ1v) is 11.4. The van der Waals surface area contributed by atoms with Gasteiger partial charge in [0.05, 0.1) is 0 Å². The van der Waals surface area contributed by atoms with Gasteiger partial charge >= 0.3 is 0 Å². The zero-order valence-corrected chi connectivity index (χ0v) is 18.8. The molecule has 0 bridgehead atoms. The lowest BCUT2D eigenvalue weighted by Gasteiger charge is -2.23. The molecule has 1 aliphatic heterocycles. The number of halogens is 2. The van der Waals surface area contributed by atoms with Crippen molar-refractivity contribution >= 4 is 34.0 Å². The molecule has 0 radical (unpaired) electrons. The summed E-state index contributed by atoms with van der Waals surface area (Å²) < 4.78 is 6.24. The molecule has 4 rings (SSSR count). The van der Waals surface area contributed by atoms with Crippen LogP contribution in [0, 0.1) is 0 Å². The lowest BCUT2D eigenvalue weighted by atomic mass is 10.0. The second-order valence-electron chi connectivity index (χ2n) is 7.84. The van der Waals surface area contributed by atoms with E-state index in [-0.39, 0.29) is 0 Å². The van der Waals surface area contributed by atoms with Crippen LogP contribution in [0.15, 0.2) is 54.6 Å². The van der Waals surface area contributed by atoms with Crippen molar-refractivity contribution in [1.82, 2.24) is 10.2 Å². The maximum Gasteiger partial charge on any atom is 0.124 e. The number of rotatable bonds is 8. The molecule has 1 aliphatic rings. The van der Waals surface area contributed by atoms with E-state index in [9.17, 15) is 0 Å². The Kier molecular flexibility index (Phi) is 7.16. The van der Waals surface area contributed by atoms with Crippen molar-refractivity contribution in [2.45, 2.75) is 39.0 Å². The lowest BCUT2D eigenvalue weighted by Crippen LogP contribution is -2.37. The van der Waals surface area contributed by atoms with Crippen molar-refractivity contribution in [3.05, 3.63) is 75.8 Å². The van der Waals surface area contributed by atoms with E-state index in [1.807, 2.05) is 12.1 Å². The fourth-order valence-corrected chi connectivity index (χ4v) is 4.80. The predicted molar refractivity (Wildman–Crippen MR) is 127 cm³/mol. The van der Waals surface area contributed by atoms with Crippen LogP contribution in [-0.2, 0) is 13.2 Å². The third kappa shape index (κ3) is 4.92. The van der Waals surface area contributed by atoms with Gasteiger partial charge in [0.25, 0.3) is 0 Å². The molecular weight excluding hydrogens is 415 g/mol. The molecule has 1 N–H and O–H groups in total. The summed E-state index contributed by atoms with van der Waals surface area (Å²) in [6.07, 6.45) is 2.57. The van der Waals surface area contributed by atoms with Gasteiger partial charge in [0, 0.05) is 40.3 Å². The van der Waals surface area contributed by atoms with Crippen LogP contribution >= 0.6 is 23.2 Å². The van der Waals surface area contributed by atoms with Gasteiger partial charge in [-0.05, 0) is 54.9 Å². The van der Waals surface area contributed by atoms with Crippen LogP contribution < -0.4 is 10.1 Å². The number of likely N-dealkylation sites (N-methyl/N-ethyl adjacent to an activating group) is 1. The first kappa shape index (κ1) is 21.5. The molecule has 0 aromatic heterocycles. The van der Waals surface area contributed by atoms with Gasteiger partial charge in [-0.15, -0.1) is 0 Å². The van der Waals surface area contributed by atoms with Crippen LogP contribution in [0.2, 0.25) is 10.0 Å². The van der Waals surface area contributed by atoms with Crippen molar-refractivity contribution in [2.24, 2.45) is 0 Å². The largest absolute Gasteiger partial charge is 0.488 e. The monoisotopic (exact) mass is 442 g/mol. The Morgan fingerprint density at radius 1 is 1.10 bits per heavy atom. The van der Waals surface area contributed by atoms with E-state index in [4.69, 9.17) is 27.9 Å². The number of nitrogens with one attached hydrogen (secondary N) is 1. The Bertz CT molecular complexity index is 1010. The molecule has 3 aromatic rings. The van der Waals surface area contributed by atoms with Crippen LogP contribution in [0.1, 0.15) is 30.9 Å². The van der Waals surface area contributed by atoms with E-state index in [0.717, 1.165) is 30.9 Å². The van der Waals surface area contributed by atoms with Crippen molar-refractivity contribution in [3.63, 3.8) is 0 Å². The Hall–Kier alpha value is -1.78. The summed E-state index contributed by atoms with van der Waals surface area (Å²) in [5.74, 6) is 0.894. The van der Waals surface area contributed by atoms with E-state index < -0.39 is 0 Å². The smallest absolute Gasteiger partial charge is 0.124 e. The Morgan fingerprint density at radius 2 is 1.97 bits per heavy atom. The molecule has 1 unspecified atom stereocenters. The van der Waals surface area contributed by atoms with Gasteiger partial charge in [0.15, 0.2) is 0 Å². The molecule has 1 saturated heterocycles. The van der Waals surface area contributed by atoms with Crippen molar-refractivity contribution in [2.75, 3.05) is 19.6 Å². The highest BCUT2D eigenvalue weighted by atomic mass is 35.5. The predicted octanol–water partition coefficient (Wildman–Crippen LogP) is 6.30. The fourth-order valence-electron chi connectivity index (χ4n) is 4.33. The molecule has 0 spiro atoms. The molecule has 3 aromatic carbocycles.